The van der Waals surface area contributed by atoms with Crippen LogP contribution in [0.5, 0.6) is 0 Å². The van der Waals surface area contributed by atoms with Crippen LogP contribution in [0.4, 0.5) is 0 Å². The topological polar surface area (TPSA) is 58.4 Å². The first kappa shape index (κ1) is 17.4. The third kappa shape index (κ3) is 3.52. The standard InChI is InChI=1S/C15H28N4O2S/c1-12-15(13(2)18(5)16-12)14-8-6-9-19(14)10-7-11-22(20,21)17(3)4/h14H,6-11H2,1-5H3/t14-/m0/s1. The molecule has 0 bridgehead atoms. The molecular formula is C15H28N4O2S. The van der Waals surface area contributed by atoms with E-state index in [-0.39, 0.29) is 5.75 Å². The van der Waals surface area contributed by atoms with Crippen molar-refractivity contribution in [2.24, 2.45) is 7.05 Å². The number of nitrogens with zero attached hydrogens (tertiary/aromatic N) is 4. The molecule has 1 aliphatic rings. The fraction of sp³-hybridized carbons (Fsp3) is 0.800. The van der Waals surface area contributed by atoms with Crippen molar-refractivity contribution in [2.45, 2.75) is 39.2 Å². The maximum atomic E-state index is 11.9. The number of rotatable bonds is 6. The van der Waals surface area contributed by atoms with Crippen molar-refractivity contribution in [1.29, 1.82) is 0 Å². The van der Waals surface area contributed by atoms with E-state index in [1.807, 2.05) is 11.7 Å². The summed E-state index contributed by atoms with van der Waals surface area (Å²) in [5.74, 6) is 0.216. The van der Waals surface area contributed by atoms with Crippen molar-refractivity contribution in [3.8, 4) is 0 Å². The molecule has 0 radical (unpaired) electrons. The van der Waals surface area contributed by atoms with Gasteiger partial charge in [0.2, 0.25) is 10.0 Å². The van der Waals surface area contributed by atoms with Crippen LogP contribution in [0.1, 0.15) is 42.3 Å². The lowest BCUT2D eigenvalue weighted by Crippen LogP contribution is -2.30. The monoisotopic (exact) mass is 328 g/mol. The first-order valence-corrected chi connectivity index (χ1v) is 9.49. The van der Waals surface area contributed by atoms with Gasteiger partial charge < -0.3 is 0 Å². The van der Waals surface area contributed by atoms with Crippen LogP contribution in [0.15, 0.2) is 0 Å². The quantitative estimate of drug-likeness (QED) is 0.793. The molecule has 22 heavy (non-hydrogen) atoms. The van der Waals surface area contributed by atoms with Crippen molar-refractivity contribution in [1.82, 2.24) is 19.0 Å². The number of likely N-dealkylation sites (tertiary alicyclic amines) is 1. The second-order valence-corrected chi connectivity index (χ2v) is 8.66. The van der Waals surface area contributed by atoms with E-state index in [0.29, 0.717) is 12.5 Å². The van der Waals surface area contributed by atoms with Crippen molar-refractivity contribution in [3.05, 3.63) is 17.0 Å². The predicted molar refractivity (Wildman–Crippen MR) is 88.3 cm³/mol. The van der Waals surface area contributed by atoms with E-state index < -0.39 is 10.0 Å². The molecule has 1 aromatic heterocycles. The highest BCUT2D eigenvalue weighted by molar-refractivity contribution is 7.89. The first-order valence-electron chi connectivity index (χ1n) is 7.88. The van der Waals surface area contributed by atoms with E-state index >= 15 is 0 Å². The molecule has 1 fully saturated rings. The smallest absolute Gasteiger partial charge is 0.213 e. The van der Waals surface area contributed by atoms with E-state index in [4.69, 9.17) is 0 Å². The summed E-state index contributed by atoms with van der Waals surface area (Å²) in [6.07, 6.45) is 2.97. The third-order valence-corrected chi connectivity index (χ3v) is 6.58. The Morgan fingerprint density at radius 1 is 1.32 bits per heavy atom. The lowest BCUT2D eigenvalue weighted by Gasteiger charge is -2.25. The molecule has 0 N–H and O–H groups in total. The second-order valence-electron chi connectivity index (χ2n) is 6.35. The van der Waals surface area contributed by atoms with Gasteiger partial charge in [0, 0.05) is 38.4 Å². The number of hydrogen-bond donors (Lipinski definition) is 0. The van der Waals surface area contributed by atoms with Gasteiger partial charge in [-0.3, -0.25) is 9.58 Å². The Bertz CT molecular complexity index is 622. The molecule has 1 aromatic rings. The zero-order valence-electron chi connectivity index (χ0n) is 14.3. The van der Waals surface area contributed by atoms with Crippen LogP contribution >= 0.6 is 0 Å². The fourth-order valence-electron chi connectivity index (χ4n) is 3.33. The molecule has 0 aliphatic carbocycles. The highest BCUT2D eigenvalue weighted by Gasteiger charge is 2.30. The lowest BCUT2D eigenvalue weighted by molar-refractivity contribution is 0.256. The summed E-state index contributed by atoms with van der Waals surface area (Å²) in [6, 6.07) is 0.385. The molecule has 0 saturated carbocycles. The van der Waals surface area contributed by atoms with Crippen LogP contribution in [0.25, 0.3) is 0 Å². The number of hydrogen-bond acceptors (Lipinski definition) is 4. The van der Waals surface area contributed by atoms with Crippen LogP contribution in [-0.4, -0.2) is 60.3 Å². The normalized spacial score (nSPS) is 20.2. The highest BCUT2D eigenvalue weighted by atomic mass is 32.2. The number of aromatic nitrogens is 2. The minimum Gasteiger partial charge on any atom is -0.296 e. The van der Waals surface area contributed by atoms with E-state index in [0.717, 1.165) is 25.2 Å². The Morgan fingerprint density at radius 3 is 2.55 bits per heavy atom. The molecule has 6 nitrogen and oxygen atoms in total. The van der Waals surface area contributed by atoms with Crippen LogP contribution in [0.2, 0.25) is 0 Å². The van der Waals surface area contributed by atoms with Gasteiger partial charge >= 0.3 is 0 Å². The molecule has 0 spiro atoms. The zero-order valence-corrected chi connectivity index (χ0v) is 15.2. The molecule has 126 valence electrons. The molecule has 0 unspecified atom stereocenters. The first-order chi connectivity index (χ1) is 10.2. The van der Waals surface area contributed by atoms with Gasteiger partial charge in [-0.1, -0.05) is 0 Å². The van der Waals surface area contributed by atoms with Crippen LogP contribution in [0.3, 0.4) is 0 Å². The van der Waals surface area contributed by atoms with Gasteiger partial charge in [0.15, 0.2) is 0 Å². The largest absolute Gasteiger partial charge is 0.296 e. The molecule has 1 saturated heterocycles. The van der Waals surface area contributed by atoms with Gasteiger partial charge in [0.25, 0.3) is 0 Å². The molecular weight excluding hydrogens is 300 g/mol. The van der Waals surface area contributed by atoms with Gasteiger partial charge in [-0.05, 0) is 46.2 Å². The van der Waals surface area contributed by atoms with E-state index in [2.05, 4.69) is 23.8 Å². The van der Waals surface area contributed by atoms with Crippen molar-refractivity contribution < 1.29 is 8.42 Å². The maximum absolute atomic E-state index is 11.9. The molecule has 0 amide bonds. The summed E-state index contributed by atoms with van der Waals surface area (Å²) in [5, 5.41) is 4.52. The molecule has 2 rings (SSSR count). The fourth-order valence-corrected chi connectivity index (χ4v) is 4.18. The summed E-state index contributed by atoms with van der Waals surface area (Å²) >= 11 is 0. The van der Waals surface area contributed by atoms with Gasteiger partial charge in [-0.2, -0.15) is 5.10 Å². The van der Waals surface area contributed by atoms with Crippen LogP contribution in [-0.2, 0) is 17.1 Å². The van der Waals surface area contributed by atoms with E-state index in [1.165, 1.54) is 22.0 Å². The molecule has 1 atom stereocenters. The Kier molecular flexibility index (Phi) is 5.29. The summed E-state index contributed by atoms with van der Waals surface area (Å²) in [4.78, 5) is 2.42. The van der Waals surface area contributed by atoms with Crippen LogP contribution < -0.4 is 0 Å². The Balaban J connectivity index is 2.03. The van der Waals surface area contributed by atoms with Crippen molar-refractivity contribution in [2.75, 3.05) is 32.9 Å². The molecule has 7 heteroatoms. The summed E-state index contributed by atoms with van der Waals surface area (Å²) in [6.45, 7) is 6.05. The number of sulfonamides is 1. The van der Waals surface area contributed by atoms with Gasteiger partial charge in [0.05, 0.1) is 11.4 Å². The van der Waals surface area contributed by atoms with E-state index in [1.54, 1.807) is 14.1 Å². The van der Waals surface area contributed by atoms with Crippen molar-refractivity contribution in [3.63, 3.8) is 0 Å². The summed E-state index contributed by atoms with van der Waals surface area (Å²) < 4.78 is 27.0. The Hall–Kier alpha value is -0.920. The predicted octanol–water partition coefficient (Wildman–Crippen LogP) is 1.46. The Labute approximate surface area is 134 Å². The average molecular weight is 328 g/mol. The number of aryl methyl sites for hydroxylation is 2. The SMILES string of the molecule is Cc1nn(C)c(C)c1[C@@H]1CCCN1CCCS(=O)(=O)N(C)C. The van der Waals surface area contributed by atoms with Gasteiger partial charge in [0.1, 0.15) is 0 Å². The zero-order chi connectivity index (χ0) is 16.5. The summed E-state index contributed by atoms with van der Waals surface area (Å²) in [5.41, 5.74) is 3.64. The molecule has 0 aromatic carbocycles. The second kappa shape index (κ2) is 6.68. The molecule has 1 aliphatic heterocycles. The third-order valence-electron chi connectivity index (χ3n) is 4.67. The minimum absolute atomic E-state index is 0.216. The van der Waals surface area contributed by atoms with Crippen molar-refractivity contribution >= 4 is 10.0 Å². The maximum Gasteiger partial charge on any atom is 0.213 e. The van der Waals surface area contributed by atoms with Gasteiger partial charge in [-0.25, -0.2) is 12.7 Å². The minimum atomic E-state index is -3.09. The Morgan fingerprint density at radius 2 is 2.00 bits per heavy atom. The lowest BCUT2D eigenvalue weighted by atomic mass is 10.0. The van der Waals surface area contributed by atoms with Crippen LogP contribution in [0, 0.1) is 13.8 Å². The van der Waals surface area contributed by atoms with Gasteiger partial charge in [-0.15, -0.1) is 0 Å². The summed E-state index contributed by atoms with van der Waals surface area (Å²) in [7, 11) is 2.07. The molecule has 2 heterocycles. The average Bonchev–Trinajstić information content (AvgIpc) is 2.95. The highest BCUT2D eigenvalue weighted by Crippen LogP contribution is 2.35. The van der Waals surface area contributed by atoms with E-state index in [9.17, 15) is 8.42 Å².